The van der Waals surface area contributed by atoms with Crippen LogP contribution in [0.1, 0.15) is 11.1 Å². The molecular formula is C16H17NO5. The first kappa shape index (κ1) is 15.6. The van der Waals surface area contributed by atoms with E-state index < -0.39 is 4.92 Å². The number of methoxy groups -OCH3 is 2. The minimum atomic E-state index is -0.434. The van der Waals surface area contributed by atoms with Crippen LogP contribution in [0, 0.1) is 17.0 Å². The summed E-state index contributed by atoms with van der Waals surface area (Å²) < 4.78 is 16.4. The van der Waals surface area contributed by atoms with Gasteiger partial charge in [0.25, 0.3) is 5.69 Å². The van der Waals surface area contributed by atoms with Gasteiger partial charge in [0.2, 0.25) is 5.75 Å². The summed E-state index contributed by atoms with van der Waals surface area (Å²) >= 11 is 0. The third-order valence-corrected chi connectivity index (χ3v) is 3.14. The average Bonchev–Trinajstić information content (AvgIpc) is 2.53. The lowest BCUT2D eigenvalue weighted by molar-refractivity contribution is -0.384. The normalized spacial score (nSPS) is 10.1. The molecule has 0 fully saturated rings. The molecule has 0 spiro atoms. The Labute approximate surface area is 128 Å². The van der Waals surface area contributed by atoms with Crippen molar-refractivity contribution in [3.8, 4) is 17.2 Å². The molecule has 0 aromatic heterocycles. The summed E-state index contributed by atoms with van der Waals surface area (Å²) in [5.74, 6) is 1.67. The molecule has 0 saturated heterocycles. The quantitative estimate of drug-likeness (QED) is 0.603. The van der Waals surface area contributed by atoms with Crippen LogP contribution in [0.25, 0.3) is 0 Å². The zero-order valence-electron chi connectivity index (χ0n) is 12.7. The summed E-state index contributed by atoms with van der Waals surface area (Å²) in [5.41, 5.74) is 1.86. The Bertz CT molecular complexity index is 642. The topological polar surface area (TPSA) is 70.8 Å². The summed E-state index contributed by atoms with van der Waals surface area (Å²) in [6.45, 7) is 2.19. The van der Waals surface area contributed by atoms with Gasteiger partial charge in [0.1, 0.15) is 6.61 Å². The number of hydrogen-bond acceptors (Lipinski definition) is 5. The van der Waals surface area contributed by atoms with Crippen LogP contribution in [0.2, 0.25) is 0 Å². The van der Waals surface area contributed by atoms with Gasteiger partial charge in [-0.2, -0.15) is 0 Å². The number of hydrogen-bond donors (Lipinski definition) is 0. The maximum atomic E-state index is 10.6. The minimum absolute atomic E-state index is 0.0502. The maximum Gasteiger partial charge on any atom is 0.269 e. The van der Waals surface area contributed by atoms with Gasteiger partial charge in [-0.1, -0.05) is 0 Å². The number of ether oxygens (including phenoxy) is 3. The van der Waals surface area contributed by atoms with Crippen molar-refractivity contribution in [2.24, 2.45) is 0 Å². The third-order valence-electron chi connectivity index (χ3n) is 3.14. The second-order valence-electron chi connectivity index (χ2n) is 4.71. The van der Waals surface area contributed by atoms with Gasteiger partial charge in [0.05, 0.1) is 19.1 Å². The highest BCUT2D eigenvalue weighted by atomic mass is 16.6. The van der Waals surface area contributed by atoms with Crippen molar-refractivity contribution in [2.45, 2.75) is 13.5 Å². The zero-order chi connectivity index (χ0) is 16.1. The van der Waals surface area contributed by atoms with E-state index in [1.165, 1.54) is 12.1 Å². The lowest BCUT2D eigenvalue weighted by atomic mass is 10.2. The van der Waals surface area contributed by atoms with Crippen molar-refractivity contribution in [1.29, 1.82) is 0 Å². The Kier molecular flexibility index (Phi) is 4.83. The zero-order valence-corrected chi connectivity index (χ0v) is 12.7. The Morgan fingerprint density at radius 1 is 1.05 bits per heavy atom. The molecule has 0 unspecified atom stereocenters. The molecule has 116 valence electrons. The first-order valence-corrected chi connectivity index (χ1v) is 6.64. The van der Waals surface area contributed by atoms with E-state index in [0.29, 0.717) is 17.2 Å². The molecule has 0 radical (unpaired) electrons. The number of nitro groups is 1. The molecule has 6 nitrogen and oxygen atoms in total. The second-order valence-corrected chi connectivity index (χ2v) is 4.71. The molecule has 0 N–H and O–H groups in total. The van der Waals surface area contributed by atoms with E-state index in [1.807, 2.05) is 19.1 Å². The molecule has 0 heterocycles. The molecular weight excluding hydrogens is 286 g/mol. The van der Waals surface area contributed by atoms with Gasteiger partial charge in [-0.25, -0.2) is 0 Å². The Morgan fingerprint density at radius 2 is 1.59 bits per heavy atom. The molecule has 2 rings (SSSR count). The number of aryl methyl sites for hydroxylation is 1. The lowest BCUT2D eigenvalue weighted by Crippen LogP contribution is -2.01. The lowest BCUT2D eigenvalue weighted by Gasteiger charge is -2.15. The van der Waals surface area contributed by atoms with E-state index >= 15 is 0 Å². The van der Waals surface area contributed by atoms with Crippen molar-refractivity contribution in [3.05, 3.63) is 57.6 Å². The van der Waals surface area contributed by atoms with Crippen LogP contribution in [0.3, 0.4) is 0 Å². The predicted molar refractivity (Wildman–Crippen MR) is 81.7 cm³/mol. The van der Waals surface area contributed by atoms with E-state index in [-0.39, 0.29) is 12.3 Å². The first-order valence-electron chi connectivity index (χ1n) is 6.64. The molecule has 22 heavy (non-hydrogen) atoms. The molecule has 0 aliphatic carbocycles. The van der Waals surface area contributed by atoms with Gasteiger partial charge < -0.3 is 14.2 Å². The van der Waals surface area contributed by atoms with Crippen LogP contribution >= 0.6 is 0 Å². The molecule has 0 aliphatic rings. The summed E-state index contributed by atoms with van der Waals surface area (Å²) in [6, 6.07) is 9.92. The Balaban J connectivity index is 2.18. The van der Waals surface area contributed by atoms with E-state index in [9.17, 15) is 10.1 Å². The average molecular weight is 303 g/mol. The fourth-order valence-electron chi connectivity index (χ4n) is 2.02. The number of benzene rings is 2. The molecule has 0 bridgehead atoms. The van der Waals surface area contributed by atoms with Crippen LogP contribution in [0.4, 0.5) is 5.69 Å². The summed E-state index contributed by atoms with van der Waals surface area (Å²) in [4.78, 5) is 10.2. The summed E-state index contributed by atoms with van der Waals surface area (Å²) in [6.07, 6.45) is 0. The van der Waals surface area contributed by atoms with Gasteiger partial charge in [-0.15, -0.1) is 0 Å². The van der Waals surface area contributed by atoms with Crippen molar-refractivity contribution in [1.82, 2.24) is 0 Å². The highest BCUT2D eigenvalue weighted by Crippen LogP contribution is 2.38. The number of nitrogens with zero attached hydrogens (tertiary/aromatic N) is 1. The van der Waals surface area contributed by atoms with E-state index in [2.05, 4.69) is 0 Å². The van der Waals surface area contributed by atoms with E-state index in [1.54, 1.807) is 26.4 Å². The van der Waals surface area contributed by atoms with Crippen molar-refractivity contribution >= 4 is 5.69 Å². The van der Waals surface area contributed by atoms with Crippen LogP contribution in [0.5, 0.6) is 17.2 Å². The number of nitro benzene ring substituents is 1. The number of non-ortho nitro benzene ring substituents is 1. The predicted octanol–water partition coefficient (Wildman–Crippen LogP) is 3.50. The van der Waals surface area contributed by atoms with Crippen LogP contribution in [0.15, 0.2) is 36.4 Å². The Hall–Kier alpha value is -2.76. The van der Waals surface area contributed by atoms with Gasteiger partial charge in [0, 0.05) is 12.1 Å². The van der Waals surface area contributed by atoms with E-state index in [0.717, 1.165) is 11.1 Å². The largest absolute Gasteiger partial charge is 0.493 e. The minimum Gasteiger partial charge on any atom is -0.493 e. The van der Waals surface area contributed by atoms with Gasteiger partial charge in [-0.05, 0) is 42.3 Å². The van der Waals surface area contributed by atoms with Gasteiger partial charge >= 0.3 is 0 Å². The van der Waals surface area contributed by atoms with Gasteiger partial charge in [0.15, 0.2) is 11.5 Å². The highest BCUT2D eigenvalue weighted by molar-refractivity contribution is 5.53. The van der Waals surface area contributed by atoms with Crippen molar-refractivity contribution in [3.63, 3.8) is 0 Å². The molecule has 0 amide bonds. The van der Waals surface area contributed by atoms with Crippen LogP contribution in [-0.4, -0.2) is 19.1 Å². The number of rotatable bonds is 6. The Morgan fingerprint density at radius 3 is 2.05 bits per heavy atom. The monoisotopic (exact) mass is 303 g/mol. The molecule has 0 aliphatic heterocycles. The van der Waals surface area contributed by atoms with Crippen LogP contribution in [-0.2, 0) is 6.61 Å². The highest BCUT2D eigenvalue weighted by Gasteiger charge is 2.13. The molecule has 2 aromatic carbocycles. The standard InChI is InChI=1S/C16H17NO5/c1-11-8-14(20-2)16(15(9-11)21-3)22-10-12-4-6-13(7-5-12)17(18)19/h4-9H,10H2,1-3H3. The fraction of sp³-hybridized carbons (Fsp3) is 0.250. The fourth-order valence-corrected chi connectivity index (χ4v) is 2.02. The molecule has 2 aromatic rings. The second kappa shape index (κ2) is 6.80. The smallest absolute Gasteiger partial charge is 0.269 e. The molecule has 0 saturated carbocycles. The van der Waals surface area contributed by atoms with Crippen molar-refractivity contribution < 1.29 is 19.1 Å². The summed E-state index contributed by atoms with van der Waals surface area (Å²) in [5, 5.41) is 10.6. The molecule has 6 heteroatoms. The van der Waals surface area contributed by atoms with Crippen LogP contribution < -0.4 is 14.2 Å². The third kappa shape index (κ3) is 3.46. The maximum absolute atomic E-state index is 10.6. The molecule has 0 atom stereocenters. The van der Waals surface area contributed by atoms with E-state index in [4.69, 9.17) is 14.2 Å². The summed E-state index contributed by atoms with van der Waals surface area (Å²) in [7, 11) is 3.12. The van der Waals surface area contributed by atoms with Gasteiger partial charge in [-0.3, -0.25) is 10.1 Å². The van der Waals surface area contributed by atoms with Crippen molar-refractivity contribution in [2.75, 3.05) is 14.2 Å². The first-order chi connectivity index (χ1) is 10.5. The SMILES string of the molecule is COc1cc(C)cc(OC)c1OCc1ccc([N+](=O)[O-])cc1.